The van der Waals surface area contributed by atoms with Crippen LogP contribution in [0.25, 0.3) is 0 Å². The van der Waals surface area contributed by atoms with E-state index in [4.69, 9.17) is 0 Å². The van der Waals surface area contributed by atoms with Crippen molar-refractivity contribution in [1.29, 1.82) is 0 Å². The Kier molecular flexibility index (Phi) is 6.18. The fraction of sp³-hybridized carbons (Fsp3) is 0.500. The summed E-state index contributed by atoms with van der Waals surface area (Å²) in [5.74, 6) is 0.0697. The van der Waals surface area contributed by atoms with Gasteiger partial charge in [0.2, 0.25) is 11.8 Å². The second-order valence-electron chi connectivity index (χ2n) is 6.51. The molecule has 2 rings (SSSR count). The van der Waals surface area contributed by atoms with Crippen LogP contribution in [-0.2, 0) is 16.0 Å². The van der Waals surface area contributed by atoms with Crippen molar-refractivity contribution in [2.24, 2.45) is 0 Å². The summed E-state index contributed by atoms with van der Waals surface area (Å²) in [6, 6.07) is 6.13. The van der Waals surface area contributed by atoms with Gasteiger partial charge in [-0.05, 0) is 43.4 Å². The molecule has 0 radical (unpaired) electrons. The fourth-order valence-corrected chi connectivity index (χ4v) is 3.29. The van der Waals surface area contributed by atoms with Crippen LogP contribution in [0.4, 0.5) is 5.69 Å². The lowest BCUT2D eigenvalue weighted by atomic mass is 9.98. The topological polar surface area (TPSA) is 49.4 Å². The predicted molar refractivity (Wildman–Crippen MR) is 97.9 cm³/mol. The first-order chi connectivity index (χ1) is 11.5. The third kappa shape index (κ3) is 4.05. The summed E-state index contributed by atoms with van der Waals surface area (Å²) in [6.45, 7) is 10.2. The molecule has 1 aliphatic heterocycles. The van der Waals surface area contributed by atoms with Gasteiger partial charge in [0.25, 0.3) is 0 Å². The number of carbonyl (C=O) groups excluding carboxylic acids is 2. The van der Waals surface area contributed by atoms with Crippen molar-refractivity contribution < 1.29 is 9.59 Å². The van der Waals surface area contributed by atoms with Gasteiger partial charge in [0.15, 0.2) is 0 Å². The minimum absolute atomic E-state index is 0.0193. The van der Waals surface area contributed by atoms with E-state index in [9.17, 15) is 9.59 Å². The van der Waals surface area contributed by atoms with Gasteiger partial charge in [-0.25, -0.2) is 0 Å². The van der Waals surface area contributed by atoms with Gasteiger partial charge in [-0.1, -0.05) is 39.0 Å². The SMILES string of the molecule is C=C1NC(=O)CCC1N(C(=O)CCC)c1ccc(CCC)cc1C. The van der Waals surface area contributed by atoms with Gasteiger partial charge in [-0.15, -0.1) is 0 Å². The van der Waals surface area contributed by atoms with Crippen molar-refractivity contribution in [1.82, 2.24) is 5.32 Å². The number of nitrogens with zero attached hydrogens (tertiary/aromatic N) is 1. The molecular formula is C20H28N2O2. The monoisotopic (exact) mass is 328 g/mol. The summed E-state index contributed by atoms with van der Waals surface area (Å²) in [7, 11) is 0. The molecule has 0 spiro atoms. The molecule has 0 bridgehead atoms. The van der Waals surface area contributed by atoms with Gasteiger partial charge in [0.05, 0.1) is 6.04 Å². The van der Waals surface area contributed by atoms with Gasteiger partial charge in [0.1, 0.15) is 0 Å². The highest BCUT2D eigenvalue weighted by atomic mass is 16.2. The maximum atomic E-state index is 12.8. The van der Waals surface area contributed by atoms with E-state index < -0.39 is 0 Å². The van der Waals surface area contributed by atoms with E-state index in [1.807, 2.05) is 24.8 Å². The Hall–Kier alpha value is -2.10. The Morgan fingerprint density at radius 3 is 2.67 bits per heavy atom. The number of benzene rings is 1. The molecule has 2 amide bonds. The Morgan fingerprint density at radius 2 is 2.08 bits per heavy atom. The summed E-state index contributed by atoms with van der Waals surface area (Å²) in [5.41, 5.74) is 3.93. The van der Waals surface area contributed by atoms with Crippen LogP contribution in [0.1, 0.15) is 57.1 Å². The Labute approximate surface area is 144 Å². The van der Waals surface area contributed by atoms with E-state index in [0.717, 1.165) is 30.5 Å². The zero-order chi connectivity index (χ0) is 17.7. The maximum Gasteiger partial charge on any atom is 0.227 e. The highest BCUT2D eigenvalue weighted by Gasteiger charge is 2.32. The lowest BCUT2D eigenvalue weighted by molar-refractivity contribution is -0.123. The van der Waals surface area contributed by atoms with E-state index in [2.05, 4.69) is 31.0 Å². The smallest absolute Gasteiger partial charge is 0.227 e. The number of anilines is 1. The van der Waals surface area contributed by atoms with Gasteiger partial charge in [-0.3, -0.25) is 9.59 Å². The first-order valence-corrected chi connectivity index (χ1v) is 8.88. The molecular weight excluding hydrogens is 300 g/mol. The standard InChI is InChI=1S/C20H28N2O2/c1-5-7-16-9-10-17(14(3)13-16)22(20(24)8-6-2)18-11-12-19(23)21-15(18)4/h9-10,13,18H,4-8,11-12H2,1-3H3,(H,21,23). The van der Waals surface area contributed by atoms with Crippen molar-refractivity contribution in [2.45, 2.75) is 65.3 Å². The molecule has 1 atom stereocenters. The number of rotatable bonds is 6. The third-order valence-electron chi connectivity index (χ3n) is 4.45. The molecule has 1 aromatic carbocycles. The van der Waals surface area contributed by atoms with Gasteiger partial charge >= 0.3 is 0 Å². The van der Waals surface area contributed by atoms with Crippen LogP contribution >= 0.6 is 0 Å². The molecule has 1 N–H and O–H groups in total. The molecule has 0 aliphatic carbocycles. The summed E-state index contributed by atoms with van der Waals surface area (Å²) < 4.78 is 0. The van der Waals surface area contributed by atoms with Crippen LogP contribution < -0.4 is 10.2 Å². The van der Waals surface area contributed by atoms with Crippen molar-refractivity contribution in [3.05, 3.63) is 41.6 Å². The predicted octanol–water partition coefficient (Wildman–Crippen LogP) is 3.87. The first-order valence-electron chi connectivity index (χ1n) is 8.88. The number of aryl methyl sites for hydroxylation is 2. The first kappa shape index (κ1) is 18.2. The van der Waals surface area contributed by atoms with Crippen molar-refractivity contribution in [3.8, 4) is 0 Å². The molecule has 1 saturated heterocycles. The number of carbonyl (C=O) groups is 2. The number of hydrogen-bond acceptors (Lipinski definition) is 2. The third-order valence-corrected chi connectivity index (χ3v) is 4.45. The van der Waals surface area contributed by atoms with Crippen LogP contribution in [0.15, 0.2) is 30.5 Å². The van der Waals surface area contributed by atoms with Crippen LogP contribution in [0.3, 0.4) is 0 Å². The summed E-state index contributed by atoms with van der Waals surface area (Å²) >= 11 is 0. The molecule has 1 unspecified atom stereocenters. The molecule has 4 heteroatoms. The minimum atomic E-state index is -0.169. The minimum Gasteiger partial charge on any atom is -0.328 e. The van der Waals surface area contributed by atoms with Crippen LogP contribution in [0, 0.1) is 6.92 Å². The van der Waals surface area contributed by atoms with Crippen molar-refractivity contribution >= 4 is 17.5 Å². The van der Waals surface area contributed by atoms with Gasteiger partial charge < -0.3 is 10.2 Å². The molecule has 130 valence electrons. The Bertz CT molecular complexity index is 637. The van der Waals surface area contributed by atoms with Gasteiger partial charge in [0, 0.05) is 24.2 Å². The second kappa shape index (κ2) is 8.13. The summed E-state index contributed by atoms with van der Waals surface area (Å²) in [4.78, 5) is 26.2. The Morgan fingerprint density at radius 1 is 1.33 bits per heavy atom. The van der Waals surface area contributed by atoms with Gasteiger partial charge in [-0.2, -0.15) is 0 Å². The zero-order valence-electron chi connectivity index (χ0n) is 15.0. The molecule has 1 heterocycles. The summed E-state index contributed by atoms with van der Waals surface area (Å²) in [6.07, 6.45) is 4.48. The lowest BCUT2D eigenvalue weighted by Crippen LogP contribution is -2.49. The number of amides is 2. The number of hydrogen-bond donors (Lipinski definition) is 1. The largest absolute Gasteiger partial charge is 0.328 e. The quantitative estimate of drug-likeness (QED) is 0.861. The highest BCUT2D eigenvalue weighted by Crippen LogP contribution is 2.30. The zero-order valence-corrected chi connectivity index (χ0v) is 15.0. The van der Waals surface area contributed by atoms with E-state index >= 15 is 0 Å². The molecule has 1 fully saturated rings. The summed E-state index contributed by atoms with van der Waals surface area (Å²) in [5, 5.41) is 2.80. The average molecular weight is 328 g/mol. The molecule has 4 nitrogen and oxygen atoms in total. The maximum absolute atomic E-state index is 12.8. The van der Waals surface area contributed by atoms with E-state index in [-0.39, 0.29) is 17.9 Å². The molecule has 1 aliphatic rings. The molecule has 0 aromatic heterocycles. The van der Waals surface area contributed by atoms with Crippen molar-refractivity contribution in [2.75, 3.05) is 4.90 Å². The molecule has 24 heavy (non-hydrogen) atoms. The molecule has 1 aromatic rings. The van der Waals surface area contributed by atoms with Crippen molar-refractivity contribution in [3.63, 3.8) is 0 Å². The van der Waals surface area contributed by atoms with Crippen LogP contribution in [-0.4, -0.2) is 17.9 Å². The van der Waals surface area contributed by atoms with Crippen LogP contribution in [0.2, 0.25) is 0 Å². The number of piperidine rings is 1. The number of nitrogens with one attached hydrogen (secondary N) is 1. The molecule has 0 saturated carbocycles. The highest BCUT2D eigenvalue weighted by molar-refractivity contribution is 5.96. The van der Waals surface area contributed by atoms with E-state index in [1.54, 1.807) is 0 Å². The average Bonchev–Trinajstić information content (AvgIpc) is 2.52. The Balaban J connectivity index is 2.38. The van der Waals surface area contributed by atoms with Crippen LogP contribution in [0.5, 0.6) is 0 Å². The van der Waals surface area contributed by atoms with E-state index in [1.165, 1.54) is 5.56 Å². The lowest BCUT2D eigenvalue weighted by Gasteiger charge is -2.36. The van der Waals surface area contributed by atoms with E-state index in [0.29, 0.717) is 25.0 Å². The second-order valence-corrected chi connectivity index (χ2v) is 6.51. The normalized spacial score (nSPS) is 17.5. The fourth-order valence-electron chi connectivity index (χ4n) is 3.29.